The van der Waals surface area contributed by atoms with E-state index in [-0.39, 0.29) is 65.3 Å². The molecule has 1 aromatic carbocycles. The van der Waals surface area contributed by atoms with E-state index in [0.717, 1.165) is 6.42 Å². The van der Waals surface area contributed by atoms with Crippen molar-refractivity contribution in [2.24, 2.45) is 23.7 Å². The van der Waals surface area contributed by atoms with Crippen molar-refractivity contribution in [2.75, 3.05) is 26.1 Å². The fraction of sp³-hybridized carbons (Fsp3) is 0.409. The van der Waals surface area contributed by atoms with Gasteiger partial charge in [-0.2, -0.15) is 0 Å². The van der Waals surface area contributed by atoms with Crippen LogP contribution in [0, 0.1) is 23.7 Å². The Morgan fingerprint density at radius 1 is 0.935 bits per heavy atom. The summed E-state index contributed by atoms with van der Waals surface area (Å²) in [5, 5.41) is 2.60. The van der Waals surface area contributed by atoms with Gasteiger partial charge in [0.15, 0.2) is 0 Å². The van der Waals surface area contributed by atoms with Crippen molar-refractivity contribution in [3.63, 3.8) is 0 Å². The number of carbonyl (C=O) groups is 5. The lowest BCUT2D eigenvalue weighted by molar-refractivity contribution is -0.140. The van der Waals surface area contributed by atoms with Gasteiger partial charge in [0.2, 0.25) is 17.7 Å². The maximum atomic E-state index is 12.7. The highest BCUT2D eigenvalue weighted by atomic mass is 16.5. The van der Waals surface area contributed by atoms with Crippen molar-refractivity contribution < 1.29 is 33.4 Å². The van der Waals surface area contributed by atoms with Gasteiger partial charge in [-0.25, -0.2) is 9.59 Å². The predicted molar refractivity (Wildman–Crippen MR) is 107 cm³/mol. The maximum Gasteiger partial charge on any atom is 0.337 e. The Labute approximate surface area is 178 Å². The zero-order valence-electron chi connectivity index (χ0n) is 17.1. The van der Waals surface area contributed by atoms with Crippen molar-refractivity contribution >= 4 is 35.3 Å². The first-order valence-electron chi connectivity index (χ1n) is 9.99. The van der Waals surface area contributed by atoms with Gasteiger partial charge in [-0.3, -0.25) is 19.3 Å². The lowest BCUT2D eigenvalue weighted by Gasteiger charge is -2.17. The fourth-order valence-corrected chi connectivity index (χ4v) is 4.79. The highest BCUT2D eigenvalue weighted by Crippen LogP contribution is 2.52. The van der Waals surface area contributed by atoms with Crippen LogP contribution >= 0.6 is 0 Å². The van der Waals surface area contributed by atoms with E-state index in [9.17, 15) is 24.0 Å². The molecule has 3 amide bonds. The molecule has 0 spiro atoms. The number of hydrogen-bond donors (Lipinski definition) is 1. The van der Waals surface area contributed by atoms with E-state index in [4.69, 9.17) is 0 Å². The lowest BCUT2D eigenvalue weighted by Crippen LogP contribution is -2.35. The van der Waals surface area contributed by atoms with E-state index in [1.807, 2.05) is 12.2 Å². The molecule has 4 rings (SSSR count). The number of esters is 2. The molecule has 0 aromatic heterocycles. The zero-order valence-corrected chi connectivity index (χ0v) is 17.1. The first kappa shape index (κ1) is 20.8. The molecule has 1 N–H and O–H groups in total. The Hall–Kier alpha value is -3.49. The van der Waals surface area contributed by atoms with Crippen LogP contribution in [0.25, 0.3) is 0 Å². The number of carbonyl (C=O) groups excluding carboxylic acids is 5. The Kier molecular flexibility index (Phi) is 5.34. The minimum Gasteiger partial charge on any atom is -0.465 e. The number of methoxy groups -OCH3 is 2. The van der Waals surface area contributed by atoms with E-state index in [1.54, 1.807) is 0 Å². The highest BCUT2D eigenvalue weighted by molar-refractivity contribution is 6.07. The Bertz CT molecular complexity index is 951. The summed E-state index contributed by atoms with van der Waals surface area (Å²) in [7, 11) is 2.40. The zero-order chi connectivity index (χ0) is 22.3. The molecule has 2 aliphatic carbocycles. The number of benzene rings is 1. The molecule has 9 nitrogen and oxygen atoms in total. The summed E-state index contributed by atoms with van der Waals surface area (Å²) in [6.45, 7) is -0.0174. The molecule has 1 saturated carbocycles. The minimum atomic E-state index is -0.677. The first-order valence-corrected chi connectivity index (χ1v) is 9.99. The number of imide groups is 1. The number of anilines is 1. The smallest absolute Gasteiger partial charge is 0.337 e. The molecule has 1 heterocycles. The molecule has 1 aromatic rings. The summed E-state index contributed by atoms with van der Waals surface area (Å²) in [4.78, 5) is 62.8. The van der Waals surface area contributed by atoms with Gasteiger partial charge in [-0.1, -0.05) is 12.2 Å². The number of amides is 3. The standard InChI is InChI=1S/C22H22N2O7/c1-30-21(28)13-8-14(22(29)31-2)10-15(9-13)23-16(25)5-6-24-19(26)17-11-3-4-12(7-11)18(17)20(24)27/h3-4,8-12,17-18H,5-7H2,1-2H3,(H,23,25)/t11-,12-,17-,18-/m0/s1. The van der Waals surface area contributed by atoms with Gasteiger partial charge >= 0.3 is 11.9 Å². The van der Waals surface area contributed by atoms with Gasteiger partial charge in [0.25, 0.3) is 0 Å². The highest BCUT2D eigenvalue weighted by Gasteiger charge is 2.59. The van der Waals surface area contributed by atoms with Gasteiger partial charge in [-0.05, 0) is 36.5 Å². The number of nitrogens with one attached hydrogen (secondary N) is 1. The number of rotatable bonds is 6. The number of nitrogens with zero attached hydrogens (tertiary/aromatic N) is 1. The molecule has 9 heteroatoms. The van der Waals surface area contributed by atoms with Crippen LogP contribution in [0.4, 0.5) is 5.69 Å². The second kappa shape index (κ2) is 7.98. The van der Waals surface area contributed by atoms with Crippen LogP contribution in [0.5, 0.6) is 0 Å². The molecular formula is C22H22N2O7. The van der Waals surface area contributed by atoms with E-state index in [1.165, 1.54) is 37.3 Å². The van der Waals surface area contributed by atoms with E-state index >= 15 is 0 Å². The van der Waals surface area contributed by atoms with Gasteiger partial charge in [0.05, 0.1) is 37.2 Å². The van der Waals surface area contributed by atoms with Crippen LogP contribution in [0.3, 0.4) is 0 Å². The monoisotopic (exact) mass is 426 g/mol. The van der Waals surface area contributed by atoms with Crippen molar-refractivity contribution in [1.29, 1.82) is 0 Å². The second-order valence-electron chi connectivity index (χ2n) is 7.91. The summed E-state index contributed by atoms with van der Waals surface area (Å²) >= 11 is 0. The summed E-state index contributed by atoms with van der Waals surface area (Å²) in [6.07, 6.45) is 4.77. The molecular weight excluding hydrogens is 404 g/mol. The summed E-state index contributed by atoms with van der Waals surface area (Å²) in [5.74, 6) is -2.60. The first-order chi connectivity index (χ1) is 14.8. The van der Waals surface area contributed by atoms with Gasteiger partial charge in [0.1, 0.15) is 0 Å². The van der Waals surface area contributed by atoms with Gasteiger partial charge in [0, 0.05) is 18.7 Å². The fourth-order valence-electron chi connectivity index (χ4n) is 4.79. The Morgan fingerprint density at radius 3 is 1.94 bits per heavy atom. The largest absolute Gasteiger partial charge is 0.465 e. The predicted octanol–water partition coefficient (Wildman–Crippen LogP) is 1.40. The maximum absolute atomic E-state index is 12.7. The third-order valence-corrected chi connectivity index (χ3v) is 6.18. The van der Waals surface area contributed by atoms with Crippen LogP contribution in [0.2, 0.25) is 0 Å². The topological polar surface area (TPSA) is 119 Å². The molecule has 1 saturated heterocycles. The average molecular weight is 426 g/mol. The number of fused-ring (bicyclic) bond motifs is 5. The van der Waals surface area contributed by atoms with Crippen LogP contribution in [0.15, 0.2) is 30.4 Å². The van der Waals surface area contributed by atoms with E-state index in [2.05, 4.69) is 14.8 Å². The van der Waals surface area contributed by atoms with Gasteiger partial charge in [-0.15, -0.1) is 0 Å². The van der Waals surface area contributed by atoms with Crippen molar-refractivity contribution in [3.8, 4) is 0 Å². The van der Waals surface area contributed by atoms with E-state index in [0.29, 0.717) is 0 Å². The molecule has 162 valence electrons. The Morgan fingerprint density at radius 2 is 1.45 bits per heavy atom. The SMILES string of the molecule is COC(=O)c1cc(NC(=O)CCN2C(=O)[C@@H]3[C@@H](C2=O)[C@H]2C=C[C@H]3C2)cc(C(=O)OC)c1. The third kappa shape index (κ3) is 3.60. The van der Waals surface area contributed by atoms with Crippen molar-refractivity contribution in [3.05, 3.63) is 41.5 Å². The summed E-state index contributed by atoms with van der Waals surface area (Å²) < 4.78 is 9.34. The van der Waals surface area contributed by atoms with E-state index < -0.39 is 17.8 Å². The van der Waals surface area contributed by atoms with Crippen molar-refractivity contribution in [1.82, 2.24) is 4.90 Å². The number of likely N-dealkylation sites (tertiary alicyclic amines) is 1. The molecule has 31 heavy (non-hydrogen) atoms. The molecule has 2 bridgehead atoms. The minimum absolute atomic E-state index is 0.0174. The normalized spacial score (nSPS) is 25.5. The third-order valence-electron chi connectivity index (χ3n) is 6.18. The summed E-state index contributed by atoms with van der Waals surface area (Å²) in [5.41, 5.74) is 0.342. The molecule has 4 atom stereocenters. The van der Waals surface area contributed by atoms with Crippen LogP contribution in [-0.4, -0.2) is 55.3 Å². The molecule has 2 fully saturated rings. The number of hydrogen-bond acceptors (Lipinski definition) is 7. The second-order valence-corrected chi connectivity index (χ2v) is 7.91. The molecule has 0 radical (unpaired) electrons. The van der Waals surface area contributed by atoms with Crippen LogP contribution in [-0.2, 0) is 23.9 Å². The van der Waals surface area contributed by atoms with Crippen LogP contribution < -0.4 is 5.32 Å². The molecule has 1 aliphatic heterocycles. The van der Waals surface area contributed by atoms with Crippen LogP contribution in [0.1, 0.15) is 33.6 Å². The number of ether oxygens (including phenoxy) is 2. The quantitative estimate of drug-likeness (QED) is 0.415. The van der Waals surface area contributed by atoms with Crippen molar-refractivity contribution in [2.45, 2.75) is 12.8 Å². The van der Waals surface area contributed by atoms with Gasteiger partial charge < -0.3 is 14.8 Å². The lowest BCUT2D eigenvalue weighted by atomic mass is 9.85. The molecule has 3 aliphatic rings. The summed E-state index contributed by atoms with van der Waals surface area (Å²) in [6, 6.07) is 4.04. The Balaban J connectivity index is 1.42. The molecule has 0 unspecified atom stereocenters. The average Bonchev–Trinajstić information content (AvgIpc) is 3.45. The number of allylic oxidation sites excluding steroid dienone is 2.